The first-order valence-electron chi connectivity index (χ1n) is 4.23. The fraction of sp³-hybridized carbons (Fsp3) is 0.778. The molecular weight excluding hydrogens is 220 g/mol. The zero-order valence-electron chi connectivity index (χ0n) is 9.12. The monoisotopic (exact) mass is 236 g/mol. The normalized spacial score (nSPS) is 13.2. The van der Waals surface area contributed by atoms with E-state index in [4.69, 9.17) is 17.0 Å². The second-order valence-corrected chi connectivity index (χ2v) is 5.69. The predicted molar refractivity (Wildman–Crippen MR) is 62.5 cm³/mol. The molecule has 0 bridgehead atoms. The number of esters is 1. The van der Waals surface area contributed by atoms with E-state index in [1.807, 2.05) is 20.8 Å². The molecule has 0 heterocycles. The van der Waals surface area contributed by atoms with Crippen molar-refractivity contribution < 1.29 is 14.3 Å². The van der Waals surface area contributed by atoms with Crippen LogP contribution in [-0.2, 0) is 14.3 Å². The van der Waals surface area contributed by atoms with E-state index in [1.165, 1.54) is 18.9 Å². The number of hydrogen-bond donors (Lipinski definition) is 0. The maximum absolute atomic E-state index is 11.1. The molecule has 0 aliphatic carbocycles. The van der Waals surface area contributed by atoms with Gasteiger partial charge in [0.1, 0.15) is 10.9 Å². The van der Waals surface area contributed by atoms with E-state index < -0.39 is 0 Å². The van der Waals surface area contributed by atoms with Crippen molar-refractivity contribution in [1.82, 2.24) is 0 Å². The third-order valence-corrected chi connectivity index (χ3v) is 2.39. The second-order valence-electron chi connectivity index (χ2n) is 3.75. The second kappa shape index (κ2) is 5.56. The minimum Gasteiger partial charge on any atom is -0.473 e. The van der Waals surface area contributed by atoms with Gasteiger partial charge in [-0.05, 0) is 39.9 Å². The molecule has 1 atom stereocenters. The first-order valence-corrected chi connectivity index (χ1v) is 5.52. The number of rotatable bonds is 2. The van der Waals surface area contributed by atoms with E-state index in [0.717, 1.165) is 0 Å². The van der Waals surface area contributed by atoms with Crippen LogP contribution in [0.1, 0.15) is 27.7 Å². The van der Waals surface area contributed by atoms with Crippen molar-refractivity contribution >= 4 is 34.3 Å². The van der Waals surface area contributed by atoms with Crippen LogP contribution in [0.3, 0.4) is 0 Å². The number of thioether (sulfide) groups is 1. The summed E-state index contributed by atoms with van der Waals surface area (Å²) in [6.07, 6.45) is 0. The highest BCUT2D eigenvalue weighted by Crippen LogP contribution is 2.19. The minimum absolute atomic E-state index is 0.296. The molecule has 3 nitrogen and oxygen atoms in total. The molecule has 0 amide bonds. The number of ether oxygens (including phenoxy) is 2. The molecule has 0 aromatic heterocycles. The molecule has 0 aliphatic rings. The average molecular weight is 236 g/mol. The Morgan fingerprint density at radius 2 is 1.93 bits per heavy atom. The molecule has 0 saturated carbocycles. The van der Waals surface area contributed by atoms with E-state index in [-0.39, 0.29) is 16.8 Å². The number of thiocarbonyl (C=S) groups is 1. The van der Waals surface area contributed by atoms with Crippen LogP contribution in [0.15, 0.2) is 0 Å². The first-order chi connectivity index (χ1) is 6.26. The van der Waals surface area contributed by atoms with Gasteiger partial charge in [0.25, 0.3) is 0 Å². The Bertz CT molecular complexity index is 221. The summed E-state index contributed by atoms with van der Waals surface area (Å²) in [5.74, 6) is -0.296. The molecular formula is C9H16O3S2. The first kappa shape index (κ1) is 13.7. The van der Waals surface area contributed by atoms with E-state index in [0.29, 0.717) is 4.38 Å². The maximum Gasteiger partial charge on any atom is 0.319 e. The van der Waals surface area contributed by atoms with E-state index in [9.17, 15) is 4.79 Å². The lowest BCUT2D eigenvalue weighted by atomic mass is 10.2. The summed E-state index contributed by atoms with van der Waals surface area (Å²) in [6, 6.07) is 0. The molecule has 82 valence electrons. The topological polar surface area (TPSA) is 35.5 Å². The molecule has 0 radical (unpaired) electrons. The van der Waals surface area contributed by atoms with Crippen LogP contribution in [0, 0.1) is 0 Å². The van der Waals surface area contributed by atoms with Crippen LogP contribution >= 0.6 is 24.0 Å². The molecule has 0 spiro atoms. The Morgan fingerprint density at radius 3 is 2.29 bits per heavy atom. The molecule has 0 saturated heterocycles. The summed E-state index contributed by atoms with van der Waals surface area (Å²) in [6.45, 7) is 7.45. The lowest BCUT2D eigenvalue weighted by molar-refractivity contribution is -0.139. The summed E-state index contributed by atoms with van der Waals surface area (Å²) in [4.78, 5) is 11.1. The summed E-state index contributed by atoms with van der Waals surface area (Å²) < 4.78 is 10.3. The Labute approximate surface area is 94.5 Å². The van der Waals surface area contributed by atoms with Crippen LogP contribution in [0.25, 0.3) is 0 Å². The molecule has 1 unspecified atom stereocenters. The predicted octanol–water partition coefficient (Wildman–Crippen LogP) is 2.38. The molecule has 0 N–H and O–H groups in total. The van der Waals surface area contributed by atoms with E-state index in [1.54, 1.807) is 6.92 Å². The third-order valence-electron chi connectivity index (χ3n) is 1.20. The number of carbonyl (C=O) groups is 1. The average Bonchev–Trinajstić information content (AvgIpc) is 1.99. The van der Waals surface area contributed by atoms with Gasteiger partial charge in [-0.15, -0.1) is 0 Å². The highest BCUT2D eigenvalue weighted by Gasteiger charge is 2.20. The van der Waals surface area contributed by atoms with Gasteiger partial charge in [0.2, 0.25) is 4.38 Å². The Balaban J connectivity index is 4.01. The molecule has 0 aromatic rings. The fourth-order valence-corrected chi connectivity index (χ4v) is 2.09. The molecule has 5 heteroatoms. The van der Waals surface area contributed by atoms with Gasteiger partial charge in [0, 0.05) is 0 Å². The van der Waals surface area contributed by atoms with Crippen LogP contribution in [-0.4, -0.2) is 28.3 Å². The summed E-state index contributed by atoms with van der Waals surface area (Å²) in [5, 5.41) is -0.324. The van der Waals surface area contributed by atoms with Crippen molar-refractivity contribution in [3.05, 3.63) is 0 Å². The Kier molecular flexibility index (Phi) is 5.44. The summed E-state index contributed by atoms with van der Waals surface area (Å²) in [5.41, 5.74) is -0.320. The maximum atomic E-state index is 11.1. The van der Waals surface area contributed by atoms with Gasteiger partial charge in [0.15, 0.2) is 0 Å². The number of methoxy groups -OCH3 is 1. The Hall–Kier alpha value is -0.290. The highest BCUT2D eigenvalue weighted by atomic mass is 32.2. The van der Waals surface area contributed by atoms with Gasteiger partial charge < -0.3 is 9.47 Å². The zero-order valence-corrected chi connectivity index (χ0v) is 10.8. The lowest BCUT2D eigenvalue weighted by Gasteiger charge is -2.21. The van der Waals surface area contributed by atoms with Gasteiger partial charge in [-0.25, -0.2) is 0 Å². The van der Waals surface area contributed by atoms with E-state index in [2.05, 4.69) is 4.74 Å². The molecule has 0 aromatic carbocycles. The molecule has 0 aliphatic heterocycles. The van der Waals surface area contributed by atoms with Gasteiger partial charge in [-0.2, -0.15) is 0 Å². The van der Waals surface area contributed by atoms with Crippen molar-refractivity contribution in [2.75, 3.05) is 7.11 Å². The largest absolute Gasteiger partial charge is 0.473 e. The van der Waals surface area contributed by atoms with Gasteiger partial charge in [-0.3, -0.25) is 4.79 Å². The van der Waals surface area contributed by atoms with E-state index >= 15 is 0 Å². The molecule has 0 fully saturated rings. The minimum atomic E-state index is -0.324. The third kappa shape index (κ3) is 6.21. The van der Waals surface area contributed by atoms with Crippen molar-refractivity contribution in [2.45, 2.75) is 38.5 Å². The summed E-state index contributed by atoms with van der Waals surface area (Å²) >= 11 is 6.17. The standard InChI is InChI=1S/C9H16O3S2/c1-6(7(10)11-5)14-8(13)12-9(2,3)4/h6H,1-5H3. The van der Waals surface area contributed by atoms with Crippen LogP contribution < -0.4 is 0 Å². The number of carbonyl (C=O) groups excluding carboxylic acids is 1. The smallest absolute Gasteiger partial charge is 0.319 e. The molecule has 0 rings (SSSR count). The Morgan fingerprint density at radius 1 is 1.43 bits per heavy atom. The lowest BCUT2D eigenvalue weighted by Crippen LogP contribution is -2.24. The van der Waals surface area contributed by atoms with Crippen LogP contribution in [0.5, 0.6) is 0 Å². The van der Waals surface area contributed by atoms with Crippen molar-refractivity contribution in [3.8, 4) is 0 Å². The van der Waals surface area contributed by atoms with Crippen LogP contribution in [0.2, 0.25) is 0 Å². The van der Waals surface area contributed by atoms with Gasteiger partial charge in [-0.1, -0.05) is 11.8 Å². The van der Waals surface area contributed by atoms with Crippen LogP contribution in [0.4, 0.5) is 0 Å². The molecule has 14 heavy (non-hydrogen) atoms. The van der Waals surface area contributed by atoms with Crippen molar-refractivity contribution in [3.63, 3.8) is 0 Å². The summed E-state index contributed by atoms with van der Waals surface area (Å²) in [7, 11) is 1.35. The van der Waals surface area contributed by atoms with Crippen molar-refractivity contribution in [2.24, 2.45) is 0 Å². The SMILES string of the molecule is COC(=O)C(C)SC(=S)OC(C)(C)C. The van der Waals surface area contributed by atoms with Crippen molar-refractivity contribution in [1.29, 1.82) is 0 Å². The zero-order chi connectivity index (χ0) is 11.4. The number of hydrogen-bond acceptors (Lipinski definition) is 5. The van der Waals surface area contributed by atoms with Gasteiger partial charge in [0.05, 0.1) is 7.11 Å². The fourth-order valence-electron chi connectivity index (χ4n) is 0.632. The quantitative estimate of drug-likeness (QED) is 0.543. The van der Waals surface area contributed by atoms with Gasteiger partial charge >= 0.3 is 5.97 Å². The highest BCUT2D eigenvalue weighted by molar-refractivity contribution is 8.23.